The number of benzene rings is 2. The normalized spacial score (nSPS) is 13.4. The minimum Gasteiger partial charge on any atom is -0.461 e. The van der Waals surface area contributed by atoms with E-state index in [-0.39, 0.29) is 154 Å². The largest absolute Gasteiger partial charge is 0.461 e. The van der Waals surface area contributed by atoms with Crippen molar-refractivity contribution in [3.05, 3.63) is 71.8 Å². The SMILES string of the molecule is CC(=O)OCc1ccc(NC(=O)[C@H](CCCNC(N)=O)NC(=O)[C@@H](NC(=O)CCOCCCOCC(COCCOCCC(=O)N[C@H](C(=O)N[C@@H](CCCNC(N)=O)C(=O)Nc2ccc(COC(C)=O)cc2)C(C)C)NC(=O)CCCCCN2C(=O)C=CC2=O)C(C)C)cc1. The Hall–Kier alpha value is -9.07. The van der Waals surface area contributed by atoms with E-state index in [1.54, 1.807) is 76.2 Å². The molecule has 0 saturated carbocycles. The fraction of sp³-hybridized carbons (Fsp3) is 0.578. The number of hydrogen-bond donors (Lipinski definition) is 11. The van der Waals surface area contributed by atoms with Crippen molar-refractivity contribution in [3.8, 4) is 0 Å². The molecule has 2 aromatic carbocycles. The Morgan fingerprint density at radius 2 is 0.863 bits per heavy atom. The number of carbonyl (C=O) groups excluding carboxylic acids is 13. The molecule has 13 amide bonds. The molecule has 31 heteroatoms. The van der Waals surface area contributed by atoms with Gasteiger partial charge in [-0.3, -0.25) is 57.6 Å². The number of primary amides is 2. The molecule has 526 valence electrons. The number of ether oxygens (including phenoxy) is 6. The first-order valence-electron chi connectivity index (χ1n) is 31.8. The zero-order chi connectivity index (χ0) is 70.1. The number of nitrogens with two attached hydrogens (primary N) is 2. The maximum absolute atomic E-state index is 13.7. The van der Waals surface area contributed by atoms with Gasteiger partial charge in [-0.2, -0.15) is 0 Å². The second-order valence-corrected chi connectivity index (χ2v) is 23.0. The van der Waals surface area contributed by atoms with Crippen LogP contribution in [0, 0.1) is 11.8 Å². The van der Waals surface area contributed by atoms with Crippen molar-refractivity contribution in [2.75, 3.05) is 83.1 Å². The number of hydrogen-bond acceptors (Lipinski definition) is 19. The summed E-state index contributed by atoms with van der Waals surface area (Å²) in [6.45, 7) is 10.7. The zero-order valence-corrected chi connectivity index (χ0v) is 55.1. The van der Waals surface area contributed by atoms with Gasteiger partial charge in [0, 0.05) is 89.5 Å². The number of imide groups is 1. The van der Waals surface area contributed by atoms with E-state index >= 15 is 0 Å². The van der Waals surface area contributed by atoms with E-state index in [1.165, 1.54) is 26.0 Å². The van der Waals surface area contributed by atoms with E-state index in [2.05, 4.69) is 47.9 Å². The van der Waals surface area contributed by atoms with Gasteiger partial charge in [0.2, 0.25) is 41.4 Å². The molecular weight excluding hydrogens is 1240 g/mol. The Morgan fingerprint density at radius 3 is 1.29 bits per heavy atom. The molecule has 1 aliphatic rings. The molecule has 31 nitrogen and oxygen atoms in total. The van der Waals surface area contributed by atoms with Crippen molar-refractivity contribution in [1.29, 1.82) is 0 Å². The highest BCUT2D eigenvalue weighted by Gasteiger charge is 2.31. The van der Waals surface area contributed by atoms with E-state index in [4.69, 9.17) is 39.9 Å². The van der Waals surface area contributed by atoms with Crippen LogP contribution >= 0.6 is 0 Å². The maximum atomic E-state index is 13.7. The van der Waals surface area contributed by atoms with Crippen LogP contribution in [-0.4, -0.2) is 185 Å². The van der Waals surface area contributed by atoms with E-state index in [0.717, 1.165) is 4.90 Å². The number of nitrogens with zero attached hydrogens (tertiary/aromatic N) is 1. The van der Waals surface area contributed by atoms with Gasteiger partial charge >= 0.3 is 24.0 Å². The molecule has 0 aromatic heterocycles. The monoisotopic (exact) mass is 1340 g/mol. The predicted molar refractivity (Wildman–Crippen MR) is 346 cm³/mol. The van der Waals surface area contributed by atoms with E-state index in [9.17, 15) is 62.3 Å². The Balaban J connectivity index is 1.48. The number of unbranched alkanes of at least 4 members (excludes halogenated alkanes) is 2. The van der Waals surface area contributed by atoms with Crippen LogP contribution in [0.3, 0.4) is 0 Å². The highest BCUT2D eigenvalue weighted by atomic mass is 16.5. The van der Waals surface area contributed by atoms with Crippen LogP contribution in [0.5, 0.6) is 0 Å². The molecule has 0 saturated heterocycles. The van der Waals surface area contributed by atoms with Crippen molar-refractivity contribution in [2.24, 2.45) is 23.3 Å². The summed E-state index contributed by atoms with van der Waals surface area (Å²) in [5, 5.41) is 24.3. The summed E-state index contributed by atoms with van der Waals surface area (Å²) in [6, 6.07) is 6.84. The predicted octanol–water partition coefficient (Wildman–Crippen LogP) is 1.75. The quantitative estimate of drug-likeness (QED) is 0.0255. The molecule has 0 bridgehead atoms. The van der Waals surface area contributed by atoms with E-state index in [0.29, 0.717) is 48.2 Å². The van der Waals surface area contributed by atoms with Gasteiger partial charge < -0.3 is 87.7 Å². The van der Waals surface area contributed by atoms with Crippen LogP contribution in [0.25, 0.3) is 0 Å². The van der Waals surface area contributed by atoms with Crippen LogP contribution in [0.4, 0.5) is 21.0 Å². The lowest BCUT2D eigenvalue weighted by atomic mass is 10.0. The van der Waals surface area contributed by atoms with Crippen LogP contribution in [0.2, 0.25) is 0 Å². The molecule has 13 N–H and O–H groups in total. The highest BCUT2D eigenvalue weighted by molar-refractivity contribution is 6.12. The summed E-state index contributed by atoms with van der Waals surface area (Å²) >= 11 is 0. The lowest BCUT2D eigenvalue weighted by molar-refractivity contribution is -0.143. The third-order valence-corrected chi connectivity index (χ3v) is 14.1. The van der Waals surface area contributed by atoms with Crippen molar-refractivity contribution in [2.45, 2.75) is 156 Å². The standard InChI is InChI=1S/C64H96N12O19/c1-41(2)57(61(86)72-50(13-10-28-67-63(65)88)59(84)70-47-20-16-45(17-21-47)37-94-43(5)77)74-53(80)26-33-90-31-12-32-92-39-49(69-52(79)15-8-7-9-30-76-55(82)24-25-56(76)83)40-93-36-35-91-34-27-54(81)75-58(42(3)4)62(87)73-51(14-11-29-68-64(66)89)60(85)71-48-22-18-46(19-23-48)38-95-44(6)78/h16-25,41-42,49-51,57-58H,7-15,26-40H2,1-6H3,(H,69,79)(H,70,84)(H,71,85)(H,72,86)(H,73,87)(H,74,80)(H,75,81)(H3,65,67,88)(H3,66,68,89)/t49?,50-,51-,57-,58-/m0/s1. The molecule has 0 radical (unpaired) electrons. The second-order valence-electron chi connectivity index (χ2n) is 23.0. The molecule has 0 aliphatic carbocycles. The van der Waals surface area contributed by atoms with Gasteiger partial charge in [-0.05, 0) is 92.2 Å². The fourth-order valence-electron chi connectivity index (χ4n) is 9.04. The van der Waals surface area contributed by atoms with Gasteiger partial charge in [0.05, 0.1) is 45.7 Å². The number of anilines is 2. The molecule has 1 unspecified atom stereocenters. The summed E-state index contributed by atoms with van der Waals surface area (Å²) in [6.07, 6.45) is 5.15. The minimum absolute atomic E-state index is 0.0104. The van der Waals surface area contributed by atoms with Gasteiger partial charge in [0.15, 0.2) is 0 Å². The smallest absolute Gasteiger partial charge is 0.312 e. The molecule has 3 rings (SSSR count). The van der Waals surface area contributed by atoms with E-state index in [1.807, 2.05) is 0 Å². The first kappa shape index (κ1) is 80.2. The van der Waals surface area contributed by atoms with Gasteiger partial charge in [-0.25, -0.2) is 9.59 Å². The lowest BCUT2D eigenvalue weighted by Crippen LogP contribution is -2.54. The third-order valence-electron chi connectivity index (χ3n) is 14.1. The number of urea groups is 2. The number of amides is 13. The lowest BCUT2D eigenvalue weighted by Gasteiger charge is -2.25. The number of nitrogens with one attached hydrogen (secondary N) is 9. The molecular formula is C64H96N12O19. The minimum atomic E-state index is -1.07. The van der Waals surface area contributed by atoms with Gasteiger partial charge in [0.25, 0.3) is 11.8 Å². The zero-order valence-electron chi connectivity index (χ0n) is 55.1. The Bertz CT molecular complexity index is 2840. The Kier molecular flexibility index (Phi) is 38.2. The number of rotatable bonds is 48. The van der Waals surface area contributed by atoms with E-state index < -0.39 is 95.6 Å². The summed E-state index contributed by atoms with van der Waals surface area (Å²) in [4.78, 5) is 163. The first-order valence-corrected chi connectivity index (χ1v) is 31.8. The molecule has 0 spiro atoms. The Labute approximate surface area is 553 Å². The molecule has 1 heterocycles. The first-order chi connectivity index (χ1) is 45.3. The second kappa shape index (κ2) is 45.3. The molecule has 0 fully saturated rings. The third kappa shape index (κ3) is 35.1. The molecule has 1 aliphatic heterocycles. The van der Waals surface area contributed by atoms with Crippen molar-refractivity contribution in [1.82, 2.24) is 42.1 Å². The van der Waals surface area contributed by atoms with Crippen LogP contribution in [0.1, 0.15) is 123 Å². The van der Waals surface area contributed by atoms with Crippen molar-refractivity contribution < 1.29 is 90.8 Å². The topological polar surface area (TPSA) is 441 Å². The van der Waals surface area contributed by atoms with Gasteiger partial charge in [-0.1, -0.05) is 58.4 Å². The van der Waals surface area contributed by atoms with Crippen molar-refractivity contribution >= 4 is 88.5 Å². The van der Waals surface area contributed by atoms with Gasteiger partial charge in [-0.15, -0.1) is 0 Å². The Morgan fingerprint density at radius 1 is 0.453 bits per heavy atom. The molecule has 95 heavy (non-hydrogen) atoms. The fourth-order valence-corrected chi connectivity index (χ4v) is 9.04. The maximum Gasteiger partial charge on any atom is 0.312 e. The van der Waals surface area contributed by atoms with Gasteiger partial charge in [0.1, 0.15) is 37.4 Å². The van der Waals surface area contributed by atoms with Crippen LogP contribution in [0.15, 0.2) is 60.7 Å². The number of carbonyl (C=O) groups is 13. The van der Waals surface area contributed by atoms with Crippen LogP contribution < -0.4 is 59.3 Å². The molecule has 2 aromatic rings. The summed E-state index contributed by atoms with van der Waals surface area (Å²) < 4.78 is 33.1. The highest BCUT2D eigenvalue weighted by Crippen LogP contribution is 2.16. The van der Waals surface area contributed by atoms with Crippen molar-refractivity contribution in [3.63, 3.8) is 0 Å². The summed E-state index contributed by atoms with van der Waals surface area (Å²) in [7, 11) is 0. The molecule has 5 atom stereocenters. The number of esters is 2. The average molecular weight is 1340 g/mol. The summed E-state index contributed by atoms with van der Waals surface area (Å²) in [5.74, 6) is -5.98. The average Bonchev–Trinajstić information content (AvgIpc) is 1.48. The summed E-state index contributed by atoms with van der Waals surface area (Å²) in [5.41, 5.74) is 12.6. The van der Waals surface area contributed by atoms with Crippen LogP contribution in [-0.2, 0) is 94.4 Å².